The number of ether oxygens (including phenoxy) is 3. The molecule has 0 bridgehead atoms. The van der Waals surface area contributed by atoms with Crippen molar-refractivity contribution in [2.45, 2.75) is 66.6 Å². The first kappa shape index (κ1) is 37.6. The maximum Gasteiger partial charge on any atom is 0.119 e. The van der Waals surface area contributed by atoms with Gasteiger partial charge in [-0.05, 0) is 118 Å². The molecule has 53 heavy (non-hydrogen) atoms. The van der Waals surface area contributed by atoms with E-state index in [1.165, 1.54) is 44.5 Å². The topological polar surface area (TPSA) is 27.7 Å². The number of hydrogen-bond donors (Lipinski definition) is 0. The summed E-state index contributed by atoms with van der Waals surface area (Å²) in [5.74, 6) is 2.58. The molecule has 0 aliphatic carbocycles. The van der Waals surface area contributed by atoms with Crippen molar-refractivity contribution in [2.75, 3.05) is 13.2 Å². The molecule has 0 spiro atoms. The Balaban J connectivity index is 1.53. The Hall–Kier alpha value is -5.12. The van der Waals surface area contributed by atoms with Crippen molar-refractivity contribution >= 4 is 0 Å². The molecule has 0 N–H and O–H groups in total. The van der Waals surface area contributed by atoms with E-state index in [0.717, 1.165) is 35.5 Å². The molecule has 0 saturated heterocycles. The fourth-order valence-electron chi connectivity index (χ4n) is 7.37. The third-order valence-electron chi connectivity index (χ3n) is 9.66. The van der Waals surface area contributed by atoms with Crippen molar-refractivity contribution < 1.29 is 14.2 Å². The molecule has 2 unspecified atom stereocenters. The average molecular weight is 703 g/mol. The molecule has 0 aromatic heterocycles. The Morgan fingerprint density at radius 2 is 0.774 bits per heavy atom. The van der Waals surface area contributed by atoms with Crippen LogP contribution in [0.4, 0.5) is 0 Å². The molecule has 3 nitrogen and oxygen atoms in total. The van der Waals surface area contributed by atoms with E-state index >= 15 is 0 Å². The van der Waals surface area contributed by atoms with Crippen LogP contribution in [0.5, 0.6) is 11.5 Å². The predicted octanol–water partition coefficient (Wildman–Crippen LogP) is 14.0. The van der Waals surface area contributed by atoms with Crippen LogP contribution in [0, 0.1) is 11.8 Å². The standard InChI is InChI=1S/C50H54O3/c1-7-51-41-29-25-39(26-30-41)49-43(37-17-11-9-12-18-37)21-15-23-45(49)47(33-35(3)4)53-48(34-36(5)6)46-24-16-22-44(38-19-13-10-14-20-38)50(46)40-27-31-42(32-28-40)52-8-2/h9-32,35-36,47-48H,7-8,33-34H2,1-6H3. The molecule has 0 aliphatic heterocycles. The van der Waals surface area contributed by atoms with Crippen LogP contribution in [-0.2, 0) is 4.74 Å². The van der Waals surface area contributed by atoms with Gasteiger partial charge in [-0.25, -0.2) is 0 Å². The quantitative estimate of drug-likeness (QED) is 0.100. The molecule has 6 aromatic rings. The lowest BCUT2D eigenvalue weighted by molar-refractivity contribution is -0.0346. The second kappa shape index (κ2) is 18.1. The van der Waals surface area contributed by atoms with Crippen LogP contribution in [0.1, 0.15) is 77.7 Å². The van der Waals surface area contributed by atoms with Crippen LogP contribution in [-0.4, -0.2) is 13.2 Å². The van der Waals surface area contributed by atoms with Crippen molar-refractivity contribution in [3.05, 3.63) is 157 Å². The average Bonchev–Trinajstić information content (AvgIpc) is 3.18. The van der Waals surface area contributed by atoms with Gasteiger partial charge in [0.25, 0.3) is 0 Å². The molecule has 0 aliphatic rings. The van der Waals surface area contributed by atoms with Gasteiger partial charge in [-0.15, -0.1) is 0 Å². The van der Waals surface area contributed by atoms with E-state index < -0.39 is 0 Å². The van der Waals surface area contributed by atoms with Crippen LogP contribution in [0.25, 0.3) is 44.5 Å². The van der Waals surface area contributed by atoms with Crippen molar-refractivity contribution in [2.24, 2.45) is 11.8 Å². The zero-order chi connectivity index (χ0) is 37.2. The highest BCUT2D eigenvalue weighted by atomic mass is 16.5. The first-order valence-corrected chi connectivity index (χ1v) is 19.3. The molecule has 0 radical (unpaired) electrons. The maximum atomic E-state index is 7.63. The highest BCUT2D eigenvalue weighted by Crippen LogP contribution is 2.46. The van der Waals surface area contributed by atoms with Crippen LogP contribution in [0.15, 0.2) is 146 Å². The van der Waals surface area contributed by atoms with E-state index in [4.69, 9.17) is 14.2 Å². The van der Waals surface area contributed by atoms with Crippen molar-refractivity contribution in [1.29, 1.82) is 0 Å². The summed E-state index contributed by atoms with van der Waals surface area (Å²) in [7, 11) is 0. The molecule has 0 amide bonds. The molecule has 2 atom stereocenters. The van der Waals surface area contributed by atoms with Crippen molar-refractivity contribution in [1.82, 2.24) is 0 Å². The molecule has 6 aromatic carbocycles. The number of benzene rings is 6. The smallest absolute Gasteiger partial charge is 0.119 e. The summed E-state index contributed by atoms with van der Waals surface area (Å²) in [4.78, 5) is 0. The molecule has 6 rings (SSSR count). The van der Waals surface area contributed by atoms with E-state index in [9.17, 15) is 0 Å². The second-order valence-electron chi connectivity index (χ2n) is 14.6. The minimum absolute atomic E-state index is 0.155. The fourth-order valence-corrected chi connectivity index (χ4v) is 7.37. The first-order valence-electron chi connectivity index (χ1n) is 19.3. The second-order valence-corrected chi connectivity index (χ2v) is 14.6. The van der Waals surface area contributed by atoms with Gasteiger partial charge in [-0.1, -0.05) is 149 Å². The minimum Gasteiger partial charge on any atom is -0.494 e. The van der Waals surface area contributed by atoms with Crippen molar-refractivity contribution in [3.8, 4) is 56.0 Å². The van der Waals surface area contributed by atoms with Gasteiger partial charge in [-0.3, -0.25) is 0 Å². The van der Waals surface area contributed by atoms with Crippen molar-refractivity contribution in [3.63, 3.8) is 0 Å². The Labute approximate surface area is 317 Å². The lowest BCUT2D eigenvalue weighted by Gasteiger charge is -2.32. The molecule has 3 heteroatoms. The van der Waals surface area contributed by atoms with E-state index in [2.05, 4.69) is 173 Å². The van der Waals surface area contributed by atoms with Gasteiger partial charge in [0.15, 0.2) is 0 Å². The van der Waals surface area contributed by atoms with Gasteiger partial charge in [0, 0.05) is 0 Å². The van der Waals surface area contributed by atoms with E-state index in [1.807, 2.05) is 13.8 Å². The Kier molecular flexibility index (Phi) is 12.8. The maximum absolute atomic E-state index is 7.63. The number of rotatable bonds is 16. The summed E-state index contributed by atoms with van der Waals surface area (Å²) >= 11 is 0. The van der Waals surface area contributed by atoms with Gasteiger partial charge in [-0.2, -0.15) is 0 Å². The largest absolute Gasteiger partial charge is 0.494 e. The zero-order valence-corrected chi connectivity index (χ0v) is 32.2. The summed E-state index contributed by atoms with van der Waals surface area (Å²) in [6, 6.07) is 52.0. The van der Waals surface area contributed by atoms with Crippen LogP contribution < -0.4 is 9.47 Å². The third kappa shape index (κ3) is 9.28. The highest BCUT2D eigenvalue weighted by molar-refractivity contribution is 5.87. The summed E-state index contributed by atoms with van der Waals surface area (Å²) in [6.07, 6.45) is 1.46. The van der Waals surface area contributed by atoms with Gasteiger partial charge < -0.3 is 14.2 Å². The Morgan fingerprint density at radius 1 is 0.396 bits per heavy atom. The van der Waals surface area contributed by atoms with Crippen LogP contribution in [0.2, 0.25) is 0 Å². The SMILES string of the molecule is CCOc1ccc(-c2c(-c3ccccc3)cccc2C(CC(C)C)OC(CC(C)C)c2cccc(-c3ccccc3)c2-c2ccc(OCC)cc2)cc1. The van der Waals surface area contributed by atoms with E-state index in [0.29, 0.717) is 25.0 Å². The monoisotopic (exact) mass is 702 g/mol. The normalized spacial score (nSPS) is 12.5. The lowest BCUT2D eigenvalue weighted by atomic mass is 9.85. The Bertz CT molecular complexity index is 1860. The minimum atomic E-state index is -0.155. The zero-order valence-electron chi connectivity index (χ0n) is 32.2. The van der Waals surface area contributed by atoms with E-state index in [-0.39, 0.29) is 12.2 Å². The number of hydrogen-bond acceptors (Lipinski definition) is 3. The van der Waals surface area contributed by atoms with Crippen LogP contribution in [0.3, 0.4) is 0 Å². The fraction of sp³-hybridized carbons (Fsp3) is 0.280. The molecule has 0 fully saturated rings. The molecule has 0 saturated carbocycles. The molecule has 0 heterocycles. The summed E-state index contributed by atoms with van der Waals surface area (Å²) in [5.41, 5.74) is 11.9. The van der Waals surface area contributed by atoms with E-state index in [1.54, 1.807) is 0 Å². The molecular weight excluding hydrogens is 649 g/mol. The molecular formula is C50H54O3. The van der Waals surface area contributed by atoms with Gasteiger partial charge in [0.2, 0.25) is 0 Å². The first-order chi connectivity index (χ1) is 25.9. The van der Waals surface area contributed by atoms with Crippen LogP contribution >= 0.6 is 0 Å². The lowest BCUT2D eigenvalue weighted by Crippen LogP contribution is -2.16. The summed E-state index contributed by atoms with van der Waals surface area (Å²) in [6.45, 7) is 14.5. The third-order valence-corrected chi connectivity index (χ3v) is 9.66. The Morgan fingerprint density at radius 3 is 1.11 bits per heavy atom. The van der Waals surface area contributed by atoms with Gasteiger partial charge >= 0.3 is 0 Å². The van der Waals surface area contributed by atoms with Gasteiger partial charge in [0.05, 0.1) is 25.4 Å². The predicted molar refractivity (Wildman–Crippen MR) is 222 cm³/mol. The highest BCUT2D eigenvalue weighted by Gasteiger charge is 2.28. The summed E-state index contributed by atoms with van der Waals surface area (Å²) < 4.78 is 19.3. The summed E-state index contributed by atoms with van der Waals surface area (Å²) in [5, 5.41) is 0. The molecule has 272 valence electrons. The van der Waals surface area contributed by atoms with Gasteiger partial charge in [0.1, 0.15) is 11.5 Å².